The van der Waals surface area contributed by atoms with Gasteiger partial charge in [-0.3, -0.25) is 14.4 Å². The van der Waals surface area contributed by atoms with E-state index in [-0.39, 0.29) is 35.9 Å². The molecular weight excluding hydrogens is 442 g/mol. The molecule has 7 heteroatoms. The van der Waals surface area contributed by atoms with Crippen molar-refractivity contribution < 1.29 is 14.7 Å². The van der Waals surface area contributed by atoms with Crippen molar-refractivity contribution in [3.63, 3.8) is 0 Å². The minimum absolute atomic E-state index is 0.00373. The number of nitrogens with zero attached hydrogens (tertiary/aromatic N) is 3. The molecule has 5 aliphatic rings. The number of hydrogen-bond donors (Lipinski definition) is 1. The lowest BCUT2D eigenvalue weighted by Crippen LogP contribution is -2.63. The molecule has 3 aliphatic carbocycles. The molecule has 3 heterocycles. The number of piperidine rings is 1. The Hall–Kier alpha value is -2.15. The largest absolute Gasteiger partial charge is 0.387 e. The second kappa shape index (κ2) is 8.19. The summed E-state index contributed by atoms with van der Waals surface area (Å²) in [5.74, 6) is 1.16. The second-order valence-corrected chi connectivity index (χ2v) is 12.5. The van der Waals surface area contributed by atoms with Crippen molar-refractivity contribution in [3.8, 4) is 0 Å². The third-order valence-electron chi connectivity index (χ3n) is 10.2. The average molecular weight is 482 g/mol. The van der Waals surface area contributed by atoms with Gasteiger partial charge in [0.25, 0.3) is 11.5 Å². The van der Waals surface area contributed by atoms with Gasteiger partial charge in [-0.25, -0.2) is 0 Å². The molecule has 4 bridgehead atoms. The van der Waals surface area contributed by atoms with Crippen LogP contribution in [-0.2, 0) is 11.3 Å². The highest BCUT2D eigenvalue weighted by Crippen LogP contribution is 2.53. The smallest absolute Gasteiger partial charge is 0.255 e. The third kappa shape index (κ3) is 3.76. The Morgan fingerprint density at radius 1 is 1.14 bits per heavy atom. The molecule has 0 aromatic carbocycles. The van der Waals surface area contributed by atoms with Gasteiger partial charge in [0.05, 0.1) is 17.7 Å². The van der Waals surface area contributed by atoms with Crippen LogP contribution < -0.4 is 5.56 Å². The van der Waals surface area contributed by atoms with Gasteiger partial charge in [0, 0.05) is 49.8 Å². The van der Waals surface area contributed by atoms with E-state index in [0.717, 1.165) is 37.7 Å². The first-order valence-electron chi connectivity index (χ1n) is 13.7. The summed E-state index contributed by atoms with van der Waals surface area (Å²) in [5, 5.41) is 12.2. The fourth-order valence-electron chi connectivity index (χ4n) is 7.51. The van der Waals surface area contributed by atoms with E-state index in [9.17, 15) is 19.5 Å². The number of likely N-dealkylation sites (tertiary alicyclic amines) is 1. The van der Waals surface area contributed by atoms with Gasteiger partial charge in [-0.1, -0.05) is 26.2 Å². The SMILES string of the molecule is C[C@H](CC1CCC1)C(=O)N1CC[C@@]2(O)Cn3cc(c(C4CC4)cc3=O)C(=O)N(C)C3CCC2(C3)C1. The van der Waals surface area contributed by atoms with Gasteiger partial charge in [0.15, 0.2) is 0 Å². The Morgan fingerprint density at radius 3 is 2.60 bits per heavy atom. The van der Waals surface area contributed by atoms with Crippen LogP contribution in [0.4, 0.5) is 0 Å². The maximum Gasteiger partial charge on any atom is 0.255 e. The fourth-order valence-corrected chi connectivity index (χ4v) is 7.51. The maximum atomic E-state index is 13.6. The molecule has 1 aromatic heterocycles. The Bertz CT molecular complexity index is 1110. The van der Waals surface area contributed by atoms with Crippen LogP contribution in [0.3, 0.4) is 0 Å². The van der Waals surface area contributed by atoms with Gasteiger partial charge in [-0.15, -0.1) is 0 Å². The predicted molar refractivity (Wildman–Crippen MR) is 132 cm³/mol. The normalized spacial score (nSPS) is 33.8. The molecule has 1 saturated heterocycles. The van der Waals surface area contributed by atoms with E-state index in [1.165, 1.54) is 19.3 Å². The topological polar surface area (TPSA) is 82.9 Å². The van der Waals surface area contributed by atoms with Crippen LogP contribution in [-0.4, -0.2) is 63.1 Å². The first-order chi connectivity index (χ1) is 16.7. The van der Waals surface area contributed by atoms with Crippen molar-refractivity contribution in [2.24, 2.45) is 17.3 Å². The number of rotatable bonds is 4. The van der Waals surface area contributed by atoms with Crippen LogP contribution in [0.1, 0.15) is 93.0 Å². The summed E-state index contributed by atoms with van der Waals surface area (Å²) in [7, 11) is 1.87. The van der Waals surface area contributed by atoms with Gasteiger partial charge in [-0.2, -0.15) is 0 Å². The standard InChI is InChI=1S/C28H39N3O4/c1-18(12-19-4-3-5-19)25(33)30-11-10-28(35)17-31-15-23(22(13-24(31)32)20-6-7-20)26(34)29(2)21-8-9-27(28,14-21)16-30/h13,15,18-21,35H,3-12,14,16-17H2,1-2H3/t18-,21?,27?,28-/m1/s1. The zero-order chi connectivity index (χ0) is 24.5. The number of carbonyl (C=O) groups excluding carboxylic acids is 2. The highest BCUT2D eigenvalue weighted by atomic mass is 16.3. The zero-order valence-corrected chi connectivity index (χ0v) is 21.2. The summed E-state index contributed by atoms with van der Waals surface area (Å²) < 4.78 is 1.57. The summed E-state index contributed by atoms with van der Waals surface area (Å²) in [6.45, 7) is 3.27. The van der Waals surface area contributed by atoms with Gasteiger partial charge >= 0.3 is 0 Å². The molecule has 6 rings (SSSR count). The molecule has 1 aromatic rings. The molecule has 2 unspecified atom stereocenters. The lowest BCUT2D eigenvalue weighted by Gasteiger charge is -2.53. The monoisotopic (exact) mass is 481 g/mol. The quantitative estimate of drug-likeness (QED) is 0.716. The summed E-state index contributed by atoms with van der Waals surface area (Å²) in [6.07, 6.45) is 11.2. The van der Waals surface area contributed by atoms with E-state index in [1.807, 2.05) is 16.8 Å². The van der Waals surface area contributed by atoms with Gasteiger partial charge in [-0.05, 0) is 62.3 Å². The van der Waals surface area contributed by atoms with E-state index in [4.69, 9.17) is 0 Å². The van der Waals surface area contributed by atoms with Gasteiger partial charge in [0.1, 0.15) is 0 Å². The van der Waals surface area contributed by atoms with Crippen molar-refractivity contribution in [2.45, 2.75) is 95.2 Å². The fraction of sp³-hybridized carbons (Fsp3) is 0.750. The highest BCUT2D eigenvalue weighted by Gasteiger charge is 2.59. The van der Waals surface area contributed by atoms with Crippen LogP contribution in [0.15, 0.2) is 17.1 Å². The minimum atomic E-state index is -1.08. The molecule has 4 atom stereocenters. The summed E-state index contributed by atoms with van der Waals surface area (Å²) in [5.41, 5.74) is -0.241. The number of aliphatic hydroxyl groups is 1. The maximum absolute atomic E-state index is 13.6. The Labute approximate surface area is 207 Å². The minimum Gasteiger partial charge on any atom is -0.387 e. The molecule has 7 nitrogen and oxygen atoms in total. The number of pyridine rings is 1. The Kier molecular flexibility index (Phi) is 5.44. The molecule has 1 spiro atoms. The first-order valence-corrected chi connectivity index (χ1v) is 13.7. The molecule has 35 heavy (non-hydrogen) atoms. The summed E-state index contributed by atoms with van der Waals surface area (Å²) in [6, 6.07) is 1.67. The Morgan fingerprint density at radius 2 is 1.91 bits per heavy atom. The lowest BCUT2D eigenvalue weighted by molar-refractivity contribution is -0.164. The summed E-state index contributed by atoms with van der Waals surface area (Å²) >= 11 is 0. The van der Waals surface area contributed by atoms with Gasteiger partial charge in [0.2, 0.25) is 5.91 Å². The molecular formula is C28H39N3O4. The van der Waals surface area contributed by atoms with Crippen LogP contribution in [0.2, 0.25) is 0 Å². The van der Waals surface area contributed by atoms with E-state index in [0.29, 0.717) is 43.3 Å². The molecule has 3 saturated carbocycles. The second-order valence-electron chi connectivity index (χ2n) is 12.5. The lowest BCUT2D eigenvalue weighted by atomic mass is 9.65. The van der Waals surface area contributed by atoms with Crippen LogP contribution in [0, 0.1) is 17.3 Å². The number of aromatic nitrogens is 1. The van der Waals surface area contributed by atoms with Crippen molar-refractivity contribution in [1.82, 2.24) is 14.4 Å². The third-order valence-corrected chi connectivity index (χ3v) is 10.2. The highest BCUT2D eigenvalue weighted by molar-refractivity contribution is 5.96. The van der Waals surface area contributed by atoms with Crippen LogP contribution in [0.5, 0.6) is 0 Å². The predicted octanol–water partition coefficient (Wildman–Crippen LogP) is 3.14. The van der Waals surface area contributed by atoms with Crippen LogP contribution in [0.25, 0.3) is 0 Å². The van der Waals surface area contributed by atoms with Crippen molar-refractivity contribution in [3.05, 3.63) is 33.7 Å². The number of hydrogen-bond acceptors (Lipinski definition) is 4. The summed E-state index contributed by atoms with van der Waals surface area (Å²) in [4.78, 5) is 44.0. The first kappa shape index (κ1) is 23.3. The van der Waals surface area contributed by atoms with E-state index in [2.05, 4.69) is 6.92 Å². The van der Waals surface area contributed by atoms with Crippen molar-refractivity contribution >= 4 is 11.8 Å². The van der Waals surface area contributed by atoms with Crippen LogP contribution >= 0.6 is 0 Å². The molecule has 190 valence electrons. The van der Waals surface area contributed by atoms with Gasteiger partial charge < -0.3 is 19.5 Å². The molecule has 2 aliphatic heterocycles. The molecule has 1 N–H and O–H groups in total. The van der Waals surface area contributed by atoms with E-state index >= 15 is 0 Å². The number of carbonyl (C=O) groups is 2. The molecule has 4 fully saturated rings. The molecule has 2 amide bonds. The van der Waals surface area contributed by atoms with Crippen molar-refractivity contribution in [1.29, 1.82) is 0 Å². The number of fused-ring (bicyclic) bond motifs is 3. The molecule has 0 radical (unpaired) electrons. The average Bonchev–Trinajstić information content (AvgIpc) is 3.57. The van der Waals surface area contributed by atoms with E-state index in [1.54, 1.807) is 16.8 Å². The zero-order valence-electron chi connectivity index (χ0n) is 21.2. The number of amides is 2. The Balaban J connectivity index is 1.34. The van der Waals surface area contributed by atoms with E-state index < -0.39 is 11.0 Å². The van der Waals surface area contributed by atoms with Crippen molar-refractivity contribution in [2.75, 3.05) is 20.1 Å².